The van der Waals surface area contributed by atoms with Gasteiger partial charge in [0.15, 0.2) is 0 Å². The fourth-order valence-electron chi connectivity index (χ4n) is 2.90. The molecule has 0 aromatic heterocycles. The van der Waals surface area contributed by atoms with Gasteiger partial charge in [0.05, 0.1) is 0 Å². The Kier molecular flexibility index (Phi) is 4.87. The molecular weight excluding hydrogens is 266 g/mol. The molecule has 0 radical (unpaired) electrons. The summed E-state index contributed by atoms with van der Waals surface area (Å²) in [4.78, 5) is 0. The van der Waals surface area contributed by atoms with Crippen LogP contribution in [0.4, 0.5) is 0 Å². The van der Waals surface area contributed by atoms with Crippen molar-refractivity contribution in [2.75, 3.05) is 6.54 Å². The van der Waals surface area contributed by atoms with Gasteiger partial charge in [0, 0.05) is 6.04 Å². The predicted molar refractivity (Wildman–Crippen MR) is 95.1 cm³/mol. The van der Waals surface area contributed by atoms with Gasteiger partial charge in [-0.3, -0.25) is 0 Å². The van der Waals surface area contributed by atoms with Crippen LogP contribution in [0.3, 0.4) is 0 Å². The van der Waals surface area contributed by atoms with Crippen LogP contribution in [0.1, 0.15) is 30.5 Å². The lowest BCUT2D eigenvalue weighted by Crippen LogP contribution is -2.24. The molecule has 0 spiro atoms. The minimum Gasteiger partial charge on any atom is -0.310 e. The molecule has 0 saturated carbocycles. The van der Waals surface area contributed by atoms with Crippen molar-refractivity contribution < 1.29 is 0 Å². The molecule has 1 unspecified atom stereocenters. The molecule has 0 fully saturated rings. The van der Waals surface area contributed by atoms with Gasteiger partial charge >= 0.3 is 0 Å². The van der Waals surface area contributed by atoms with E-state index in [1.165, 1.54) is 21.9 Å². The number of fused-ring (bicyclic) bond motifs is 1. The minimum absolute atomic E-state index is 0.368. The van der Waals surface area contributed by atoms with Gasteiger partial charge in [0.25, 0.3) is 0 Å². The summed E-state index contributed by atoms with van der Waals surface area (Å²) < 4.78 is 0. The molecule has 3 rings (SSSR count). The van der Waals surface area contributed by atoms with E-state index in [1.807, 2.05) is 0 Å². The molecule has 1 nitrogen and oxygen atoms in total. The highest BCUT2D eigenvalue weighted by atomic mass is 14.9. The summed E-state index contributed by atoms with van der Waals surface area (Å²) in [5.41, 5.74) is 2.75. The van der Waals surface area contributed by atoms with E-state index in [9.17, 15) is 0 Å². The zero-order chi connectivity index (χ0) is 15.2. The molecule has 0 bridgehead atoms. The topological polar surface area (TPSA) is 12.0 Å². The summed E-state index contributed by atoms with van der Waals surface area (Å²) in [6.45, 7) is 3.26. The summed E-state index contributed by atoms with van der Waals surface area (Å²) in [6, 6.07) is 26.5. The second-order valence-electron chi connectivity index (χ2n) is 5.80. The Hall–Kier alpha value is -2.12. The maximum atomic E-state index is 3.70. The zero-order valence-electron chi connectivity index (χ0n) is 13.1. The first-order chi connectivity index (χ1) is 10.9. The van der Waals surface area contributed by atoms with E-state index in [4.69, 9.17) is 0 Å². The maximum Gasteiger partial charge on any atom is 0.0361 e. The van der Waals surface area contributed by atoms with Crippen molar-refractivity contribution in [3.8, 4) is 0 Å². The lowest BCUT2D eigenvalue weighted by Gasteiger charge is -2.20. The summed E-state index contributed by atoms with van der Waals surface area (Å²) in [5, 5.41) is 6.32. The largest absolute Gasteiger partial charge is 0.310 e. The molecule has 1 N–H and O–H groups in total. The highest BCUT2D eigenvalue weighted by molar-refractivity contribution is 5.83. The van der Waals surface area contributed by atoms with Crippen molar-refractivity contribution >= 4 is 10.8 Å². The van der Waals surface area contributed by atoms with Gasteiger partial charge in [0.2, 0.25) is 0 Å². The third-order valence-corrected chi connectivity index (χ3v) is 4.10. The molecule has 3 aromatic rings. The first-order valence-electron chi connectivity index (χ1n) is 8.13. The number of nitrogens with one attached hydrogen (secondary N) is 1. The molecule has 0 aliphatic rings. The van der Waals surface area contributed by atoms with Gasteiger partial charge in [-0.1, -0.05) is 73.7 Å². The lowest BCUT2D eigenvalue weighted by molar-refractivity contribution is 0.530. The summed E-state index contributed by atoms with van der Waals surface area (Å²) >= 11 is 0. The molecule has 0 amide bonds. The van der Waals surface area contributed by atoms with Crippen LogP contribution in [-0.4, -0.2) is 6.54 Å². The lowest BCUT2D eigenvalue weighted by atomic mass is 9.96. The van der Waals surface area contributed by atoms with E-state index >= 15 is 0 Å². The molecule has 22 heavy (non-hydrogen) atoms. The second kappa shape index (κ2) is 7.24. The predicted octanol–water partition coefficient (Wildman–Crippen LogP) is 5.12. The average molecular weight is 289 g/mol. The molecule has 1 atom stereocenters. The van der Waals surface area contributed by atoms with Gasteiger partial charge in [0.1, 0.15) is 0 Å². The third kappa shape index (κ3) is 3.55. The van der Waals surface area contributed by atoms with Crippen LogP contribution in [0.2, 0.25) is 0 Å². The summed E-state index contributed by atoms with van der Waals surface area (Å²) in [7, 11) is 0. The van der Waals surface area contributed by atoms with Crippen molar-refractivity contribution in [2.24, 2.45) is 0 Å². The number of rotatable bonds is 6. The van der Waals surface area contributed by atoms with E-state index in [-0.39, 0.29) is 0 Å². The Morgan fingerprint density at radius 3 is 2.32 bits per heavy atom. The van der Waals surface area contributed by atoms with Gasteiger partial charge in [-0.2, -0.15) is 0 Å². The quantitative estimate of drug-likeness (QED) is 0.664. The van der Waals surface area contributed by atoms with Crippen LogP contribution in [0.5, 0.6) is 0 Å². The minimum atomic E-state index is 0.368. The van der Waals surface area contributed by atoms with E-state index in [0.29, 0.717) is 6.04 Å². The SMILES string of the molecule is CCCNC(Cc1ccccc1)c1ccc2ccccc2c1. The molecule has 0 aliphatic carbocycles. The number of benzene rings is 3. The van der Waals surface area contributed by atoms with Gasteiger partial charge < -0.3 is 5.32 Å². The van der Waals surface area contributed by atoms with Crippen molar-refractivity contribution in [1.29, 1.82) is 0 Å². The smallest absolute Gasteiger partial charge is 0.0361 e. The number of hydrogen-bond donors (Lipinski definition) is 1. The van der Waals surface area contributed by atoms with Crippen molar-refractivity contribution in [3.63, 3.8) is 0 Å². The van der Waals surface area contributed by atoms with Gasteiger partial charge in [-0.25, -0.2) is 0 Å². The van der Waals surface area contributed by atoms with E-state index in [2.05, 4.69) is 85.0 Å². The molecule has 0 heterocycles. The fourth-order valence-corrected chi connectivity index (χ4v) is 2.90. The van der Waals surface area contributed by atoms with Crippen molar-refractivity contribution in [2.45, 2.75) is 25.8 Å². The van der Waals surface area contributed by atoms with Crippen LogP contribution in [0.25, 0.3) is 10.8 Å². The van der Waals surface area contributed by atoms with E-state index in [1.54, 1.807) is 0 Å². The molecule has 0 aliphatic heterocycles. The fraction of sp³-hybridized carbons (Fsp3) is 0.238. The van der Waals surface area contributed by atoms with Crippen LogP contribution in [0, 0.1) is 0 Å². The standard InChI is InChI=1S/C21H23N/c1-2-14-22-21(15-17-8-4-3-5-9-17)20-13-12-18-10-6-7-11-19(18)16-20/h3-13,16,21-22H,2,14-15H2,1H3. The maximum absolute atomic E-state index is 3.70. The highest BCUT2D eigenvalue weighted by Crippen LogP contribution is 2.23. The second-order valence-corrected chi connectivity index (χ2v) is 5.80. The Balaban J connectivity index is 1.89. The third-order valence-electron chi connectivity index (χ3n) is 4.10. The van der Waals surface area contributed by atoms with Crippen LogP contribution < -0.4 is 5.32 Å². The molecule has 112 valence electrons. The van der Waals surface area contributed by atoms with Crippen LogP contribution in [0.15, 0.2) is 72.8 Å². The van der Waals surface area contributed by atoms with Crippen LogP contribution in [-0.2, 0) is 6.42 Å². The Morgan fingerprint density at radius 1 is 0.818 bits per heavy atom. The Labute approximate surface area is 133 Å². The van der Waals surface area contributed by atoms with Gasteiger partial charge in [-0.05, 0) is 47.4 Å². The van der Waals surface area contributed by atoms with Crippen molar-refractivity contribution in [3.05, 3.63) is 83.9 Å². The Bertz CT molecular complexity index is 718. The molecule has 1 heteroatoms. The first-order valence-corrected chi connectivity index (χ1v) is 8.13. The Morgan fingerprint density at radius 2 is 1.55 bits per heavy atom. The van der Waals surface area contributed by atoms with Crippen molar-refractivity contribution in [1.82, 2.24) is 5.32 Å². The average Bonchev–Trinajstić information content (AvgIpc) is 2.59. The molecular formula is C21H23N. The zero-order valence-corrected chi connectivity index (χ0v) is 13.1. The monoisotopic (exact) mass is 289 g/mol. The van der Waals surface area contributed by atoms with Gasteiger partial charge in [-0.15, -0.1) is 0 Å². The van der Waals surface area contributed by atoms with E-state index in [0.717, 1.165) is 19.4 Å². The summed E-state index contributed by atoms with van der Waals surface area (Å²) in [6.07, 6.45) is 2.18. The normalized spacial score (nSPS) is 12.4. The summed E-state index contributed by atoms with van der Waals surface area (Å²) in [5.74, 6) is 0. The number of hydrogen-bond acceptors (Lipinski definition) is 1. The van der Waals surface area contributed by atoms with Crippen LogP contribution >= 0.6 is 0 Å². The highest BCUT2D eigenvalue weighted by Gasteiger charge is 2.12. The van der Waals surface area contributed by atoms with E-state index < -0.39 is 0 Å². The first kappa shape index (κ1) is 14.8. The molecule has 0 saturated heterocycles. The molecule has 3 aromatic carbocycles.